The zero-order valence-corrected chi connectivity index (χ0v) is 14.0. The van der Waals surface area contributed by atoms with E-state index in [0.29, 0.717) is 10.2 Å². The molecule has 0 spiro atoms. The van der Waals surface area contributed by atoms with Crippen molar-refractivity contribution in [3.8, 4) is 0 Å². The Morgan fingerprint density at radius 3 is 2.38 bits per heavy atom. The summed E-state index contributed by atoms with van der Waals surface area (Å²) in [5, 5.41) is 3.12. The highest BCUT2D eigenvalue weighted by molar-refractivity contribution is 9.10. The third-order valence-electron chi connectivity index (χ3n) is 3.28. The van der Waals surface area contributed by atoms with E-state index in [9.17, 15) is 4.79 Å². The second-order valence-corrected chi connectivity index (χ2v) is 6.78. The summed E-state index contributed by atoms with van der Waals surface area (Å²) in [7, 11) is 0. The highest BCUT2D eigenvalue weighted by Crippen LogP contribution is 2.33. The van der Waals surface area contributed by atoms with Crippen LogP contribution in [0.5, 0.6) is 0 Å². The first-order valence-corrected chi connectivity index (χ1v) is 7.65. The lowest BCUT2D eigenvalue weighted by Crippen LogP contribution is -2.36. The van der Waals surface area contributed by atoms with Crippen molar-refractivity contribution in [2.24, 2.45) is 5.41 Å². The summed E-state index contributed by atoms with van der Waals surface area (Å²) in [5.41, 5.74) is 1.55. The fourth-order valence-electron chi connectivity index (χ4n) is 2.21. The quantitative estimate of drug-likeness (QED) is 0.838. The summed E-state index contributed by atoms with van der Waals surface area (Å²) in [5.74, 6) is -0.126. The van der Waals surface area contributed by atoms with Gasteiger partial charge in [0.15, 0.2) is 0 Å². The number of carbonyl (C=O) groups excluding carboxylic acids is 1. The first-order valence-electron chi connectivity index (χ1n) is 6.86. The minimum Gasteiger partial charge on any atom is -0.345 e. The van der Waals surface area contributed by atoms with E-state index in [1.54, 1.807) is 18.3 Å². The van der Waals surface area contributed by atoms with Crippen LogP contribution >= 0.6 is 15.9 Å². The molecule has 0 fully saturated rings. The number of nitrogens with one attached hydrogen (secondary N) is 1. The van der Waals surface area contributed by atoms with Crippen molar-refractivity contribution in [1.82, 2.24) is 10.3 Å². The van der Waals surface area contributed by atoms with Crippen LogP contribution in [0.3, 0.4) is 0 Å². The summed E-state index contributed by atoms with van der Waals surface area (Å²) in [6.07, 6.45) is 1.65. The summed E-state index contributed by atoms with van der Waals surface area (Å²) in [6.45, 7) is 6.34. The molecule has 0 saturated heterocycles. The van der Waals surface area contributed by atoms with Crippen LogP contribution in [-0.4, -0.2) is 10.9 Å². The molecule has 2 rings (SSSR count). The highest BCUT2D eigenvalue weighted by atomic mass is 79.9. The molecule has 1 heterocycles. The van der Waals surface area contributed by atoms with E-state index in [-0.39, 0.29) is 17.4 Å². The summed E-state index contributed by atoms with van der Waals surface area (Å²) < 4.78 is 0.559. The van der Waals surface area contributed by atoms with E-state index in [1.807, 2.05) is 30.3 Å². The maximum atomic E-state index is 12.5. The third kappa shape index (κ3) is 3.91. The zero-order valence-electron chi connectivity index (χ0n) is 12.4. The smallest absolute Gasteiger partial charge is 0.254 e. The minimum atomic E-state index is -0.126. The first-order chi connectivity index (χ1) is 9.89. The Morgan fingerprint density at radius 1 is 1.14 bits per heavy atom. The van der Waals surface area contributed by atoms with Gasteiger partial charge in [0.25, 0.3) is 5.91 Å². The first kappa shape index (κ1) is 15.7. The van der Waals surface area contributed by atoms with Gasteiger partial charge in [0.1, 0.15) is 4.60 Å². The molecule has 1 N–H and O–H groups in total. The number of benzene rings is 1. The Balaban J connectivity index is 2.29. The molecule has 1 unspecified atom stereocenters. The number of hydrogen-bond acceptors (Lipinski definition) is 2. The van der Waals surface area contributed by atoms with Crippen molar-refractivity contribution in [2.45, 2.75) is 26.8 Å². The van der Waals surface area contributed by atoms with E-state index >= 15 is 0 Å². The second-order valence-electron chi connectivity index (χ2n) is 6.02. The number of nitrogens with zero attached hydrogens (tertiary/aromatic N) is 1. The van der Waals surface area contributed by atoms with E-state index in [4.69, 9.17) is 0 Å². The SMILES string of the molecule is CC(C)(C)C(NC(=O)c1cccnc1Br)c1ccccc1. The number of hydrogen-bond donors (Lipinski definition) is 1. The van der Waals surface area contributed by atoms with Crippen molar-refractivity contribution in [3.63, 3.8) is 0 Å². The lowest BCUT2D eigenvalue weighted by Gasteiger charge is -2.32. The maximum absolute atomic E-state index is 12.5. The van der Waals surface area contributed by atoms with Crippen LogP contribution in [0.25, 0.3) is 0 Å². The fourth-order valence-corrected chi connectivity index (χ4v) is 2.64. The van der Waals surface area contributed by atoms with Crippen LogP contribution in [0.4, 0.5) is 0 Å². The van der Waals surface area contributed by atoms with Crippen LogP contribution in [0.15, 0.2) is 53.3 Å². The largest absolute Gasteiger partial charge is 0.345 e. The molecule has 0 saturated carbocycles. The number of amides is 1. The van der Waals surface area contributed by atoms with Gasteiger partial charge in [0.05, 0.1) is 11.6 Å². The molecule has 110 valence electrons. The summed E-state index contributed by atoms with van der Waals surface area (Å²) in [4.78, 5) is 16.6. The standard InChI is InChI=1S/C17H19BrN2O/c1-17(2,3)14(12-8-5-4-6-9-12)20-16(21)13-10-7-11-19-15(13)18/h4-11,14H,1-3H3,(H,20,21). The van der Waals surface area contributed by atoms with Gasteiger partial charge in [-0.15, -0.1) is 0 Å². The highest BCUT2D eigenvalue weighted by Gasteiger charge is 2.28. The molecule has 1 aromatic carbocycles. The topological polar surface area (TPSA) is 42.0 Å². The molecule has 1 amide bonds. The van der Waals surface area contributed by atoms with Crippen LogP contribution in [-0.2, 0) is 0 Å². The maximum Gasteiger partial charge on any atom is 0.254 e. The Labute approximate surface area is 133 Å². The van der Waals surface area contributed by atoms with E-state index < -0.39 is 0 Å². The van der Waals surface area contributed by atoms with Gasteiger partial charge in [-0.3, -0.25) is 4.79 Å². The molecule has 2 aromatic rings. The number of aromatic nitrogens is 1. The molecule has 4 heteroatoms. The van der Waals surface area contributed by atoms with Gasteiger partial charge in [0.2, 0.25) is 0 Å². The van der Waals surface area contributed by atoms with Gasteiger partial charge in [-0.2, -0.15) is 0 Å². The number of pyridine rings is 1. The monoisotopic (exact) mass is 346 g/mol. The van der Waals surface area contributed by atoms with Gasteiger partial charge in [-0.05, 0) is 39.0 Å². The lowest BCUT2D eigenvalue weighted by atomic mass is 9.82. The summed E-state index contributed by atoms with van der Waals surface area (Å²) >= 11 is 3.32. The Hall–Kier alpha value is -1.68. The van der Waals surface area contributed by atoms with Gasteiger partial charge < -0.3 is 5.32 Å². The molecule has 21 heavy (non-hydrogen) atoms. The van der Waals surface area contributed by atoms with Gasteiger partial charge >= 0.3 is 0 Å². The fraction of sp³-hybridized carbons (Fsp3) is 0.294. The average Bonchev–Trinajstić information content (AvgIpc) is 2.44. The molecule has 0 bridgehead atoms. The van der Waals surface area contributed by atoms with Gasteiger partial charge in [-0.25, -0.2) is 4.98 Å². The third-order valence-corrected chi connectivity index (χ3v) is 3.91. The molecule has 0 aliphatic carbocycles. The predicted molar refractivity (Wildman–Crippen MR) is 88.0 cm³/mol. The predicted octanol–water partition coefficient (Wildman–Crippen LogP) is 4.36. The second kappa shape index (κ2) is 6.39. The Kier molecular flexibility index (Phi) is 4.78. The van der Waals surface area contributed by atoms with Crippen LogP contribution in [0.1, 0.15) is 42.7 Å². The number of rotatable bonds is 3. The molecule has 0 aliphatic rings. The molecule has 0 aliphatic heterocycles. The van der Waals surface area contributed by atoms with E-state index in [0.717, 1.165) is 5.56 Å². The lowest BCUT2D eigenvalue weighted by molar-refractivity contribution is 0.0900. The average molecular weight is 347 g/mol. The van der Waals surface area contributed by atoms with Crippen molar-refractivity contribution in [3.05, 3.63) is 64.4 Å². The molecule has 0 radical (unpaired) electrons. The van der Waals surface area contributed by atoms with Crippen LogP contribution in [0.2, 0.25) is 0 Å². The molecule has 3 nitrogen and oxygen atoms in total. The van der Waals surface area contributed by atoms with Gasteiger partial charge in [0, 0.05) is 6.20 Å². The number of halogens is 1. The Bertz CT molecular complexity index is 620. The van der Waals surface area contributed by atoms with Crippen molar-refractivity contribution in [2.75, 3.05) is 0 Å². The van der Waals surface area contributed by atoms with Crippen molar-refractivity contribution >= 4 is 21.8 Å². The minimum absolute atomic E-state index is 0.0710. The molecule has 1 atom stereocenters. The zero-order chi connectivity index (χ0) is 15.5. The van der Waals surface area contributed by atoms with E-state index in [1.165, 1.54) is 0 Å². The van der Waals surface area contributed by atoms with Crippen LogP contribution < -0.4 is 5.32 Å². The van der Waals surface area contributed by atoms with Crippen molar-refractivity contribution < 1.29 is 4.79 Å². The van der Waals surface area contributed by atoms with Crippen molar-refractivity contribution in [1.29, 1.82) is 0 Å². The molecular formula is C17H19BrN2O. The van der Waals surface area contributed by atoms with Gasteiger partial charge in [-0.1, -0.05) is 51.1 Å². The van der Waals surface area contributed by atoms with E-state index in [2.05, 4.69) is 47.0 Å². The van der Waals surface area contributed by atoms with Crippen LogP contribution in [0, 0.1) is 5.41 Å². The molecular weight excluding hydrogens is 328 g/mol. The summed E-state index contributed by atoms with van der Waals surface area (Å²) in [6, 6.07) is 13.5. The normalized spacial score (nSPS) is 12.8. The Morgan fingerprint density at radius 2 is 1.81 bits per heavy atom. The number of carbonyl (C=O) groups is 1. The molecule has 1 aromatic heterocycles.